The summed E-state index contributed by atoms with van der Waals surface area (Å²) in [6.45, 7) is 0. The van der Waals surface area contributed by atoms with Crippen LogP contribution in [-0.4, -0.2) is 9.55 Å². The number of rotatable bonds is 4. The van der Waals surface area contributed by atoms with E-state index in [1.807, 2.05) is 11.3 Å². The average Bonchev–Trinajstić information content (AvgIpc) is 3.64. The maximum atomic E-state index is 5.28. The van der Waals surface area contributed by atoms with Gasteiger partial charge in [0.25, 0.3) is 0 Å². The number of nitrogens with zero attached hydrogens (tertiary/aromatic N) is 2. The number of para-hydroxylation sites is 2. The highest BCUT2D eigenvalue weighted by atomic mass is 32.1. The van der Waals surface area contributed by atoms with E-state index in [0.29, 0.717) is 0 Å². The maximum Gasteiger partial charge on any atom is 0.0730 e. The Morgan fingerprint density at radius 2 is 1.11 bits per heavy atom. The third-order valence-electron chi connectivity index (χ3n) is 8.60. The van der Waals surface area contributed by atoms with Crippen LogP contribution < -0.4 is 0 Å². The Bertz CT molecular complexity index is 2490. The molecule has 44 heavy (non-hydrogen) atoms. The van der Waals surface area contributed by atoms with Gasteiger partial charge in [-0.05, 0) is 59.7 Å². The number of hydrogen-bond donors (Lipinski definition) is 0. The van der Waals surface area contributed by atoms with Crippen LogP contribution in [0.3, 0.4) is 0 Å². The molecule has 3 aromatic heterocycles. The molecule has 3 heteroatoms. The van der Waals surface area contributed by atoms with Gasteiger partial charge in [0, 0.05) is 47.8 Å². The second-order valence-corrected chi connectivity index (χ2v) is 12.2. The van der Waals surface area contributed by atoms with Crippen molar-refractivity contribution in [2.24, 2.45) is 0 Å². The number of fused-ring (bicyclic) bond motifs is 6. The van der Waals surface area contributed by atoms with Gasteiger partial charge in [0.05, 0.1) is 22.4 Å². The van der Waals surface area contributed by atoms with Crippen LogP contribution in [0, 0.1) is 0 Å². The van der Waals surface area contributed by atoms with Crippen LogP contribution in [0.5, 0.6) is 0 Å². The number of hydrogen-bond acceptors (Lipinski definition) is 2. The molecule has 0 amide bonds. The van der Waals surface area contributed by atoms with Crippen molar-refractivity contribution >= 4 is 53.3 Å². The van der Waals surface area contributed by atoms with Gasteiger partial charge in [0.1, 0.15) is 0 Å². The summed E-state index contributed by atoms with van der Waals surface area (Å²) in [5.41, 5.74) is 10.2. The van der Waals surface area contributed by atoms with Crippen LogP contribution in [0.1, 0.15) is 0 Å². The number of benzene rings is 6. The van der Waals surface area contributed by atoms with Crippen LogP contribution in [0.25, 0.3) is 81.3 Å². The number of pyridine rings is 1. The highest BCUT2D eigenvalue weighted by Gasteiger charge is 2.16. The second kappa shape index (κ2) is 10.0. The largest absolute Gasteiger partial charge is 0.309 e. The van der Waals surface area contributed by atoms with Crippen LogP contribution in [0.15, 0.2) is 158 Å². The monoisotopic (exact) mass is 578 g/mol. The molecule has 0 fully saturated rings. The lowest BCUT2D eigenvalue weighted by Crippen LogP contribution is -1.93. The fourth-order valence-electron chi connectivity index (χ4n) is 6.55. The van der Waals surface area contributed by atoms with Crippen molar-refractivity contribution in [3.63, 3.8) is 0 Å². The molecule has 3 heterocycles. The summed E-state index contributed by atoms with van der Waals surface area (Å²) in [5, 5.41) is 5.08. The van der Waals surface area contributed by atoms with E-state index < -0.39 is 0 Å². The van der Waals surface area contributed by atoms with Gasteiger partial charge in [0.2, 0.25) is 0 Å². The van der Waals surface area contributed by atoms with E-state index in [4.69, 9.17) is 4.98 Å². The molecular weight excluding hydrogens is 553 g/mol. The van der Waals surface area contributed by atoms with Crippen molar-refractivity contribution < 1.29 is 0 Å². The quantitative estimate of drug-likeness (QED) is 0.203. The number of thiophene rings is 1. The summed E-state index contributed by atoms with van der Waals surface area (Å²) in [4.78, 5) is 5.28. The van der Waals surface area contributed by atoms with E-state index >= 15 is 0 Å². The van der Waals surface area contributed by atoms with Gasteiger partial charge in [-0.3, -0.25) is 0 Å². The van der Waals surface area contributed by atoms with Crippen LogP contribution in [0.4, 0.5) is 0 Å². The van der Waals surface area contributed by atoms with Crippen molar-refractivity contribution in [2.45, 2.75) is 0 Å². The first-order valence-corrected chi connectivity index (χ1v) is 15.7. The van der Waals surface area contributed by atoms with E-state index in [1.165, 1.54) is 58.8 Å². The van der Waals surface area contributed by atoms with Crippen molar-refractivity contribution in [3.05, 3.63) is 158 Å². The van der Waals surface area contributed by atoms with Gasteiger partial charge < -0.3 is 4.57 Å². The molecule has 0 N–H and O–H groups in total. The molecule has 0 radical (unpaired) electrons. The van der Waals surface area contributed by atoms with Gasteiger partial charge in [-0.2, -0.15) is 0 Å². The van der Waals surface area contributed by atoms with E-state index in [-0.39, 0.29) is 0 Å². The predicted octanol–water partition coefficient (Wildman–Crippen LogP) is 11.5. The molecule has 0 aliphatic carbocycles. The summed E-state index contributed by atoms with van der Waals surface area (Å²) in [7, 11) is 0. The Labute approximate surface area is 259 Å². The third-order valence-corrected chi connectivity index (χ3v) is 9.82. The van der Waals surface area contributed by atoms with Gasteiger partial charge in [0.15, 0.2) is 0 Å². The molecule has 9 aromatic rings. The maximum absolute atomic E-state index is 5.28. The van der Waals surface area contributed by atoms with Gasteiger partial charge in [-0.25, -0.2) is 4.98 Å². The lowest BCUT2D eigenvalue weighted by atomic mass is 9.98. The molecule has 0 aliphatic heterocycles. The minimum Gasteiger partial charge on any atom is -0.309 e. The first-order chi connectivity index (χ1) is 21.8. The molecule has 6 aromatic carbocycles. The zero-order valence-corrected chi connectivity index (χ0v) is 24.6. The minimum absolute atomic E-state index is 0.975. The van der Waals surface area contributed by atoms with Crippen molar-refractivity contribution in [3.8, 4) is 39.3 Å². The zero-order valence-electron chi connectivity index (χ0n) is 23.8. The van der Waals surface area contributed by atoms with Crippen molar-refractivity contribution in [2.75, 3.05) is 0 Å². The summed E-state index contributed by atoms with van der Waals surface area (Å²) < 4.78 is 4.94. The fraction of sp³-hybridized carbons (Fsp3) is 0. The highest BCUT2D eigenvalue weighted by Crippen LogP contribution is 2.41. The number of aromatic nitrogens is 2. The lowest BCUT2D eigenvalue weighted by molar-refractivity contribution is 1.18. The van der Waals surface area contributed by atoms with Gasteiger partial charge >= 0.3 is 0 Å². The molecule has 0 aliphatic rings. The van der Waals surface area contributed by atoms with E-state index in [1.54, 1.807) is 0 Å². The van der Waals surface area contributed by atoms with E-state index in [9.17, 15) is 0 Å². The van der Waals surface area contributed by atoms with Crippen molar-refractivity contribution in [1.82, 2.24) is 9.55 Å². The smallest absolute Gasteiger partial charge is 0.0730 e. The minimum atomic E-state index is 0.975. The second-order valence-electron chi connectivity index (χ2n) is 11.2. The highest BCUT2D eigenvalue weighted by molar-refractivity contribution is 7.26. The molecule has 0 spiro atoms. The average molecular weight is 579 g/mol. The van der Waals surface area contributed by atoms with Gasteiger partial charge in [-0.1, -0.05) is 109 Å². The Morgan fingerprint density at radius 3 is 1.98 bits per heavy atom. The fourth-order valence-corrected chi connectivity index (χ4v) is 7.77. The van der Waals surface area contributed by atoms with E-state index in [0.717, 1.165) is 22.5 Å². The lowest BCUT2D eigenvalue weighted by Gasteiger charge is -2.12. The Hall–Kier alpha value is -5.51. The molecule has 0 bridgehead atoms. The first-order valence-electron chi connectivity index (χ1n) is 14.9. The Kier molecular flexibility index (Phi) is 5.71. The third kappa shape index (κ3) is 3.98. The molecule has 206 valence electrons. The van der Waals surface area contributed by atoms with Crippen LogP contribution >= 0.6 is 11.3 Å². The molecule has 0 unspecified atom stereocenters. The van der Waals surface area contributed by atoms with Crippen LogP contribution in [-0.2, 0) is 0 Å². The first kappa shape index (κ1) is 25.0. The zero-order chi connectivity index (χ0) is 29.0. The van der Waals surface area contributed by atoms with E-state index in [2.05, 4.69) is 162 Å². The topological polar surface area (TPSA) is 17.8 Å². The molecule has 9 rings (SSSR count). The summed E-state index contributed by atoms with van der Waals surface area (Å²) in [6.07, 6.45) is 0. The molecule has 0 saturated heterocycles. The summed E-state index contributed by atoms with van der Waals surface area (Å²) >= 11 is 1.85. The molecular formula is C41H26N2S. The Balaban J connectivity index is 1.29. The summed E-state index contributed by atoms with van der Waals surface area (Å²) in [5.74, 6) is 0. The van der Waals surface area contributed by atoms with Crippen LogP contribution in [0.2, 0.25) is 0 Å². The molecule has 0 atom stereocenters. The normalized spacial score (nSPS) is 11.6. The predicted molar refractivity (Wildman–Crippen MR) is 188 cm³/mol. The SMILES string of the molecule is c1ccc(-c2cc(-c3ccc4c(c3)c3ccccc3n4-c3ccccc3)cc(-c3cccc4c3sc3ccccc34)n2)cc1. The molecule has 0 saturated carbocycles. The van der Waals surface area contributed by atoms with Gasteiger partial charge in [-0.15, -0.1) is 11.3 Å². The standard InChI is InChI=1S/C41H26N2S/c1-3-12-27(13-4-1)36-25-29(26-37(42-36)34-19-11-18-33-32-17-8-10-21-40(32)44-41(33)34)28-22-23-39-35(24-28)31-16-7-9-20-38(31)43(39)30-14-5-2-6-15-30/h1-26H. The summed E-state index contributed by atoms with van der Waals surface area (Å²) in [6, 6.07) is 56.5. The molecule has 2 nitrogen and oxygen atoms in total. The Morgan fingerprint density at radius 1 is 0.432 bits per heavy atom. The van der Waals surface area contributed by atoms with Crippen molar-refractivity contribution in [1.29, 1.82) is 0 Å².